The van der Waals surface area contributed by atoms with Gasteiger partial charge in [0.05, 0.1) is 16.9 Å². The molecule has 7 rings (SSSR count). The number of fused-ring (bicyclic) bond motifs is 8. The summed E-state index contributed by atoms with van der Waals surface area (Å²) in [5.74, 6) is -3.03. The predicted molar refractivity (Wildman–Crippen MR) is 150 cm³/mol. The average Bonchev–Trinajstić information content (AvgIpc) is 3.77. The maximum atomic E-state index is 15.7. The molecule has 1 saturated carbocycles. The fourth-order valence-electron chi connectivity index (χ4n) is 6.43. The Morgan fingerprint density at radius 2 is 1.77 bits per heavy atom. The number of aryl methyl sites for hydroxylation is 1. The molecule has 3 aliphatic heterocycles. The number of pyridine rings is 1. The Kier molecular flexibility index (Phi) is 7.07. The van der Waals surface area contributed by atoms with Crippen LogP contribution >= 0.6 is 0 Å². The summed E-state index contributed by atoms with van der Waals surface area (Å²) in [6, 6.07) is 10.5. The van der Waals surface area contributed by atoms with Crippen molar-refractivity contribution in [3.63, 3.8) is 0 Å². The van der Waals surface area contributed by atoms with Crippen LogP contribution in [-0.4, -0.2) is 39.1 Å². The number of nitrogens with one attached hydrogen (secondary N) is 1. The first-order chi connectivity index (χ1) is 19.3. The van der Waals surface area contributed by atoms with E-state index in [1.54, 1.807) is 22.8 Å². The van der Waals surface area contributed by atoms with Gasteiger partial charge in [-0.1, -0.05) is 31.0 Å². The molecule has 8 bridgehead atoms. The number of alkyl halides is 2. The number of aromatic nitrogens is 3. The minimum Gasteiger partial charge on any atom is -0.363 e. The van der Waals surface area contributed by atoms with Crippen LogP contribution in [0.3, 0.4) is 0 Å². The van der Waals surface area contributed by atoms with Gasteiger partial charge in [0.25, 0.3) is 11.5 Å². The lowest BCUT2D eigenvalue weighted by Gasteiger charge is -2.36. The number of nitriles is 1. The maximum absolute atomic E-state index is 15.7. The van der Waals surface area contributed by atoms with E-state index >= 15 is 8.78 Å². The number of rotatable bonds is 1. The number of hydrogen-bond donors (Lipinski definition) is 1. The van der Waals surface area contributed by atoms with Crippen LogP contribution in [-0.2, 0) is 17.9 Å². The van der Waals surface area contributed by atoms with Crippen molar-refractivity contribution >= 4 is 16.9 Å². The van der Waals surface area contributed by atoms with Crippen molar-refractivity contribution in [3.8, 4) is 6.07 Å². The summed E-state index contributed by atoms with van der Waals surface area (Å²) < 4.78 is 33.2. The van der Waals surface area contributed by atoms with Crippen molar-refractivity contribution in [1.82, 2.24) is 19.4 Å². The second kappa shape index (κ2) is 10.5. The van der Waals surface area contributed by atoms with Gasteiger partial charge in [0.15, 0.2) is 0 Å². The molecule has 9 heteroatoms. The van der Waals surface area contributed by atoms with Crippen molar-refractivity contribution in [2.45, 2.75) is 82.2 Å². The summed E-state index contributed by atoms with van der Waals surface area (Å²) in [6.07, 6.45) is 7.54. The molecule has 2 fully saturated rings. The third kappa shape index (κ3) is 4.87. The first kappa shape index (κ1) is 26.8. The lowest BCUT2D eigenvalue weighted by atomic mass is 9.85. The van der Waals surface area contributed by atoms with Gasteiger partial charge in [-0.25, -0.2) is 18.7 Å². The van der Waals surface area contributed by atoms with Crippen molar-refractivity contribution in [2.24, 2.45) is 5.92 Å². The highest BCUT2D eigenvalue weighted by atomic mass is 19.3. The van der Waals surface area contributed by atoms with Gasteiger partial charge in [-0.05, 0) is 82.8 Å². The Bertz CT molecular complexity index is 1500. The van der Waals surface area contributed by atoms with E-state index in [1.165, 1.54) is 12.4 Å². The Hall–Kier alpha value is -3.38. The highest BCUT2D eigenvalue weighted by Crippen LogP contribution is 2.47. The van der Waals surface area contributed by atoms with Crippen LogP contribution in [0, 0.1) is 17.2 Å². The molecule has 4 aliphatic rings. The molecule has 7 nitrogen and oxygen atoms in total. The monoisotopic (exact) mass is 546 g/mol. The van der Waals surface area contributed by atoms with E-state index < -0.39 is 17.3 Å². The SMILES string of the molecule is C[C@H]1Nc2ncnc3c2cc(C2(C#N)CC2)c(=O)n3CCCCCCN2CCC(CC2)C(F)(F)c2cccc1c2. The molecule has 0 unspecified atom stereocenters. The van der Waals surface area contributed by atoms with Crippen LogP contribution < -0.4 is 10.9 Å². The molecule has 210 valence electrons. The van der Waals surface area contributed by atoms with Crippen LogP contribution in [0.2, 0.25) is 0 Å². The summed E-state index contributed by atoms with van der Waals surface area (Å²) >= 11 is 0. The van der Waals surface area contributed by atoms with E-state index in [9.17, 15) is 10.1 Å². The van der Waals surface area contributed by atoms with E-state index in [-0.39, 0.29) is 17.2 Å². The molecule has 0 radical (unpaired) electrons. The van der Waals surface area contributed by atoms with Crippen LogP contribution in [0.25, 0.3) is 11.0 Å². The summed E-state index contributed by atoms with van der Waals surface area (Å²) in [6.45, 7) is 4.76. The Balaban J connectivity index is 1.42. The number of nitrogens with zero attached hydrogens (tertiary/aromatic N) is 5. The van der Waals surface area contributed by atoms with Crippen molar-refractivity contribution in [2.75, 3.05) is 25.0 Å². The van der Waals surface area contributed by atoms with Gasteiger partial charge in [-0.3, -0.25) is 9.36 Å². The molecule has 40 heavy (non-hydrogen) atoms. The molecule has 1 aromatic carbocycles. The van der Waals surface area contributed by atoms with Gasteiger partial charge in [-0.15, -0.1) is 0 Å². The van der Waals surface area contributed by atoms with Crippen molar-refractivity contribution in [1.29, 1.82) is 5.26 Å². The molecule has 0 spiro atoms. The molecule has 1 saturated heterocycles. The fourth-order valence-corrected chi connectivity index (χ4v) is 6.43. The number of hydrogen-bond acceptors (Lipinski definition) is 6. The van der Waals surface area contributed by atoms with Crippen molar-refractivity contribution < 1.29 is 8.78 Å². The zero-order chi connectivity index (χ0) is 27.9. The molecule has 0 amide bonds. The molecule has 2 aromatic heterocycles. The maximum Gasteiger partial charge on any atom is 0.276 e. The normalized spacial score (nSPS) is 26.1. The van der Waals surface area contributed by atoms with E-state index in [0.717, 1.165) is 37.8 Å². The van der Waals surface area contributed by atoms with Crippen LogP contribution in [0.1, 0.15) is 81.0 Å². The van der Waals surface area contributed by atoms with Gasteiger partial charge in [0.1, 0.15) is 17.8 Å². The summed E-state index contributed by atoms with van der Waals surface area (Å²) in [4.78, 5) is 25.0. The number of halogens is 2. The van der Waals surface area contributed by atoms with E-state index in [0.29, 0.717) is 67.7 Å². The smallest absolute Gasteiger partial charge is 0.276 e. The highest BCUT2D eigenvalue weighted by molar-refractivity contribution is 5.87. The standard InChI is InChI=1S/C31H36F2N6O/c1-21-22-7-6-8-24(17-22)31(32,33)23-9-15-38(16-10-23)13-4-2-3-5-14-39-28-25(27(37-21)35-20-36-28)18-26(29(39)40)30(19-34)11-12-30/h6-8,17-18,20-21,23H,2-5,9-16H2,1H3,(H,35,36,37)/t21-/m1/s1. The third-order valence-electron chi connectivity index (χ3n) is 9.19. The molecular formula is C31H36F2N6O. The second-order valence-electron chi connectivity index (χ2n) is 11.8. The van der Waals surface area contributed by atoms with Crippen LogP contribution in [0.4, 0.5) is 14.6 Å². The highest BCUT2D eigenvalue weighted by Gasteiger charge is 2.47. The predicted octanol–water partition coefficient (Wildman–Crippen LogP) is 5.90. The van der Waals surface area contributed by atoms with E-state index in [2.05, 4.69) is 26.3 Å². The van der Waals surface area contributed by atoms with E-state index in [1.807, 2.05) is 13.0 Å². The largest absolute Gasteiger partial charge is 0.363 e. The molecule has 1 aliphatic carbocycles. The minimum absolute atomic E-state index is 0.0554. The first-order valence-electron chi connectivity index (χ1n) is 14.6. The Morgan fingerprint density at radius 1 is 1.02 bits per heavy atom. The molecule has 1 atom stereocenters. The summed E-state index contributed by atoms with van der Waals surface area (Å²) in [5.41, 5.74) is 0.919. The van der Waals surface area contributed by atoms with Crippen LogP contribution in [0.15, 0.2) is 41.5 Å². The zero-order valence-electron chi connectivity index (χ0n) is 23.0. The average molecular weight is 547 g/mol. The lowest BCUT2D eigenvalue weighted by Crippen LogP contribution is -2.40. The Morgan fingerprint density at radius 3 is 2.50 bits per heavy atom. The molecule has 5 heterocycles. The Labute approximate surface area is 233 Å². The van der Waals surface area contributed by atoms with Crippen molar-refractivity contribution in [3.05, 3.63) is 63.7 Å². The van der Waals surface area contributed by atoms with Gasteiger partial charge >= 0.3 is 0 Å². The second-order valence-corrected chi connectivity index (χ2v) is 11.8. The van der Waals surface area contributed by atoms with Crippen LogP contribution in [0.5, 0.6) is 0 Å². The lowest BCUT2D eigenvalue weighted by molar-refractivity contribution is -0.0855. The molecule has 3 aromatic rings. The fraction of sp³-hybridized carbons (Fsp3) is 0.548. The zero-order valence-corrected chi connectivity index (χ0v) is 23.0. The van der Waals surface area contributed by atoms with Gasteiger partial charge in [-0.2, -0.15) is 5.26 Å². The van der Waals surface area contributed by atoms with E-state index in [4.69, 9.17) is 0 Å². The number of benzene rings is 1. The molecular weight excluding hydrogens is 510 g/mol. The first-order valence-corrected chi connectivity index (χ1v) is 14.6. The molecule has 1 N–H and O–H groups in total. The quantitative estimate of drug-likeness (QED) is 0.409. The third-order valence-corrected chi connectivity index (χ3v) is 9.19. The minimum atomic E-state index is -2.90. The summed E-state index contributed by atoms with van der Waals surface area (Å²) in [5, 5.41) is 14.0. The van der Waals surface area contributed by atoms with Gasteiger partial charge < -0.3 is 10.2 Å². The number of piperidine rings is 1. The van der Waals surface area contributed by atoms with Gasteiger partial charge in [0.2, 0.25) is 0 Å². The topological polar surface area (TPSA) is 86.8 Å². The summed E-state index contributed by atoms with van der Waals surface area (Å²) in [7, 11) is 0. The van der Waals surface area contributed by atoms with Gasteiger partial charge in [0, 0.05) is 29.6 Å². The number of anilines is 1.